The molecule has 0 saturated heterocycles. The van der Waals surface area contributed by atoms with Crippen LogP contribution in [-0.4, -0.2) is 11.9 Å². The van der Waals surface area contributed by atoms with Crippen LogP contribution in [0.15, 0.2) is 18.2 Å². The third kappa shape index (κ3) is 3.63. The van der Waals surface area contributed by atoms with Crippen LogP contribution in [0.5, 0.6) is 0 Å². The number of hydrogen-bond donors (Lipinski definition) is 2. The Bertz CT molecular complexity index is 461. The second kappa shape index (κ2) is 6.29. The van der Waals surface area contributed by atoms with Gasteiger partial charge in [0, 0.05) is 11.6 Å². The van der Waals surface area contributed by atoms with Gasteiger partial charge < -0.3 is 11.1 Å². The van der Waals surface area contributed by atoms with Gasteiger partial charge in [-0.2, -0.15) is 0 Å². The number of amides is 1. The third-order valence-corrected chi connectivity index (χ3v) is 4.30. The van der Waals surface area contributed by atoms with E-state index in [2.05, 4.69) is 12.2 Å². The number of halogens is 1. The molecule has 1 amide bonds. The molecule has 0 aliphatic heterocycles. The average Bonchev–Trinajstić information content (AvgIpc) is 2.42. The first-order valence-electron chi connectivity index (χ1n) is 6.96. The van der Waals surface area contributed by atoms with Crippen LogP contribution >= 0.6 is 11.6 Å². The Morgan fingerprint density at radius 2 is 2.26 bits per heavy atom. The number of carbonyl (C=O) groups is 1. The first-order valence-corrected chi connectivity index (χ1v) is 7.33. The molecule has 0 spiro atoms. The highest BCUT2D eigenvalue weighted by molar-refractivity contribution is 6.33. The van der Waals surface area contributed by atoms with Crippen molar-refractivity contribution in [1.82, 2.24) is 5.32 Å². The summed E-state index contributed by atoms with van der Waals surface area (Å²) in [4.78, 5) is 12.2. The highest BCUT2D eigenvalue weighted by atomic mass is 35.5. The predicted octanol–water partition coefficient (Wildman–Crippen LogP) is 3.62. The molecule has 19 heavy (non-hydrogen) atoms. The second-order valence-corrected chi connectivity index (χ2v) is 5.75. The summed E-state index contributed by atoms with van der Waals surface area (Å²) in [6.45, 7) is 2.22. The van der Waals surface area contributed by atoms with Gasteiger partial charge in [-0.25, -0.2) is 0 Å². The van der Waals surface area contributed by atoms with Crippen molar-refractivity contribution in [3.8, 4) is 0 Å². The number of nitrogen functional groups attached to an aromatic ring is 1. The Balaban J connectivity index is 1.98. The summed E-state index contributed by atoms with van der Waals surface area (Å²) in [7, 11) is 0. The molecular weight excluding hydrogens is 260 g/mol. The van der Waals surface area contributed by atoms with Crippen LogP contribution in [0, 0.1) is 5.92 Å². The van der Waals surface area contributed by atoms with E-state index in [1.54, 1.807) is 18.2 Å². The van der Waals surface area contributed by atoms with E-state index < -0.39 is 0 Å². The molecule has 3 nitrogen and oxygen atoms in total. The highest BCUT2D eigenvalue weighted by Gasteiger charge is 2.22. The summed E-state index contributed by atoms with van der Waals surface area (Å²) in [6.07, 6.45) is 5.85. The quantitative estimate of drug-likeness (QED) is 0.831. The predicted molar refractivity (Wildman–Crippen MR) is 79.4 cm³/mol. The van der Waals surface area contributed by atoms with Crippen molar-refractivity contribution in [3.05, 3.63) is 28.8 Å². The van der Waals surface area contributed by atoms with E-state index in [1.165, 1.54) is 19.3 Å². The normalized spacial score (nSPS) is 23.1. The van der Waals surface area contributed by atoms with Gasteiger partial charge >= 0.3 is 0 Å². The fourth-order valence-electron chi connectivity index (χ4n) is 2.75. The lowest BCUT2D eigenvalue weighted by Gasteiger charge is -2.29. The van der Waals surface area contributed by atoms with Gasteiger partial charge in [-0.1, -0.05) is 37.8 Å². The van der Waals surface area contributed by atoms with Crippen molar-refractivity contribution in [1.29, 1.82) is 0 Å². The van der Waals surface area contributed by atoms with Gasteiger partial charge in [0.2, 0.25) is 0 Å². The topological polar surface area (TPSA) is 55.1 Å². The Morgan fingerprint density at radius 1 is 1.47 bits per heavy atom. The molecule has 104 valence electrons. The summed E-state index contributed by atoms with van der Waals surface area (Å²) in [6, 6.07) is 5.32. The van der Waals surface area contributed by atoms with Gasteiger partial charge in [0.15, 0.2) is 0 Å². The molecule has 4 heteroatoms. The average molecular weight is 281 g/mol. The molecule has 3 N–H and O–H groups in total. The Labute approximate surface area is 119 Å². The summed E-state index contributed by atoms with van der Waals surface area (Å²) in [5, 5.41) is 3.59. The number of carbonyl (C=O) groups excluding carboxylic acids is 1. The van der Waals surface area contributed by atoms with Crippen LogP contribution in [0.3, 0.4) is 0 Å². The molecule has 1 fully saturated rings. The Hall–Kier alpha value is -1.22. The van der Waals surface area contributed by atoms with E-state index >= 15 is 0 Å². The molecular formula is C15H21ClN2O. The molecule has 1 aromatic rings. The maximum atomic E-state index is 12.2. The lowest BCUT2D eigenvalue weighted by Crippen LogP contribution is -2.38. The largest absolute Gasteiger partial charge is 0.398 e. The van der Waals surface area contributed by atoms with E-state index in [0.29, 0.717) is 22.3 Å². The minimum Gasteiger partial charge on any atom is -0.398 e. The number of rotatable bonds is 3. The van der Waals surface area contributed by atoms with Crippen LogP contribution in [0.25, 0.3) is 0 Å². The zero-order valence-electron chi connectivity index (χ0n) is 11.3. The first kappa shape index (κ1) is 14.2. The lowest BCUT2D eigenvalue weighted by molar-refractivity contribution is 0.0919. The molecule has 1 saturated carbocycles. The van der Waals surface area contributed by atoms with Crippen molar-refractivity contribution in [2.24, 2.45) is 5.92 Å². The van der Waals surface area contributed by atoms with Gasteiger partial charge in [0.05, 0.1) is 10.7 Å². The van der Waals surface area contributed by atoms with Gasteiger partial charge in [-0.15, -0.1) is 0 Å². The first-order chi connectivity index (χ1) is 9.10. The molecule has 0 radical (unpaired) electrons. The molecule has 0 aromatic heterocycles. The fraction of sp³-hybridized carbons (Fsp3) is 0.533. The molecule has 2 unspecified atom stereocenters. The standard InChI is InChI=1S/C15H21ClN2O/c1-2-10-4-3-5-12(8-10)18-15(19)11-6-7-13(16)14(17)9-11/h6-7,9-10,12H,2-5,8,17H2,1H3,(H,18,19). The zero-order valence-corrected chi connectivity index (χ0v) is 12.0. The van der Waals surface area contributed by atoms with Crippen LogP contribution in [0.4, 0.5) is 5.69 Å². The number of nitrogens with one attached hydrogen (secondary N) is 1. The molecule has 1 aliphatic carbocycles. The SMILES string of the molecule is CCC1CCCC(NC(=O)c2ccc(Cl)c(N)c2)C1. The minimum atomic E-state index is -0.0508. The van der Waals surface area contributed by atoms with E-state index in [4.69, 9.17) is 17.3 Å². The number of anilines is 1. The summed E-state index contributed by atoms with van der Waals surface area (Å²) >= 11 is 5.86. The van der Waals surface area contributed by atoms with Gasteiger partial charge in [-0.3, -0.25) is 4.79 Å². The lowest BCUT2D eigenvalue weighted by atomic mass is 9.84. The zero-order chi connectivity index (χ0) is 13.8. The number of benzene rings is 1. The maximum Gasteiger partial charge on any atom is 0.251 e. The summed E-state index contributed by atoms with van der Waals surface area (Å²) in [5.41, 5.74) is 6.76. The van der Waals surface area contributed by atoms with Crippen LogP contribution in [0.2, 0.25) is 5.02 Å². The van der Waals surface area contributed by atoms with Gasteiger partial charge in [0.1, 0.15) is 0 Å². The Morgan fingerprint density at radius 3 is 2.95 bits per heavy atom. The highest BCUT2D eigenvalue weighted by Crippen LogP contribution is 2.27. The van der Waals surface area contributed by atoms with E-state index in [1.807, 2.05) is 0 Å². The molecule has 2 atom stereocenters. The number of hydrogen-bond acceptors (Lipinski definition) is 2. The van der Waals surface area contributed by atoms with Crippen molar-refractivity contribution < 1.29 is 4.79 Å². The molecule has 0 heterocycles. The van der Waals surface area contributed by atoms with Crippen LogP contribution in [0.1, 0.15) is 49.4 Å². The summed E-state index contributed by atoms with van der Waals surface area (Å²) < 4.78 is 0. The fourth-order valence-corrected chi connectivity index (χ4v) is 2.86. The maximum absolute atomic E-state index is 12.2. The van der Waals surface area contributed by atoms with Gasteiger partial charge in [-0.05, 0) is 37.0 Å². The van der Waals surface area contributed by atoms with Crippen molar-refractivity contribution >= 4 is 23.2 Å². The van der Waals surface area contributed by atoms with Crippen LogP contribution in [-0.2, 0) is 0 Å². The Kier molecular flexibility index (Phi) is 4.70. The molecule has 2 rings (SSSR count). The molecule has 1 aromatic carbocycles. The number of nitrogens with two attached hydrogens (primary N) is 1. The molecule has 1 aliphatic rings. The van der Waals surface area contributed by atoms with E-state index in [0.717, 1.165) is 18.8 Å². The van der Waals surface area contributed by atoms with E-state index in [9.17, 15) is 4.79 Å². The third-order valence-electron chi connectivity index (χ3n) is 3.95. The van der Waals surface area contributed by atoms with Crippen molar-refractivity contribution in [3.63, 3.8) is 0 Å². The minimum absolute atomic E-state index is 0.0508. The van der Waals surface area contributed by atoms with E-state index in [-0.39, 0.29) is 5.91 Å². The van der Waals surface area contributed by atoms with Crippen LogP contribution < -0.4 is 11.1 Å². The van der Waals surface area contributed by atoms with Gasteiger partial charge in [0.25, 0.3) is 5.91 Å². The van der Waals surface area contributed by atoms with Crippen molar-refractivity contribution in [2.75, 3.05) is 5.73 Å². The second-order valence-electron chi connectivity index (χ2n) is 5.35. The smallest absolute Gasteiger partial charge is 0.251 e. The van der Waals surface area contributed by atoms with Crippen molar-refractivity contribution in [2.45, 2.75) is 45.1 Å². The molecule has 0 bridgehead atoms. The summed E-state index contributed by atoms with van der Waals surface area (Å²) in [5.74, 6) is 0.694. The monoisotopic (exact) mass is 280 g/mol.